The normalized spacial score (nSPS) is 12.2. The van der Waals surface area contributed by atoms with Crippen LogP contribution in [0.4, 0.5) is 0 Å². The zero-order valence-corrected chi connectivity index (χ0v) is 14.3. The molecule has 1 aromatic heterocycles. The first-order chi connectivity index (χ1) is 12.1. The molecule has 1 unspecified atom stereocenters. The van der Waals surface area contributed by atoms with Crippen molar-refractivity contribution in [2.45, 2.75) is 26.7 Å². The van der Waals surface area contributed by atoms with E-state index < -0.39 is 0 Å². The summed E-state index contributed by atoms with van der Waals surface area (Å²) in [5.74, 6) is -0.168. The molecule has 0 aliphatic heterocycles. The summed E-state index contributed by atoms with van der Waals surface area (Å²) in [5, 5.41) is 18.9. The average molecular weight is 339 g/mol. The van der Waals surface area contributed by atoms with Gasteiger partial charge in [-0.3, -0.25) is 4.79 Å². The van der Waals surface area contributed by atoms with E-state index in [0.717, 1.165) is 23.0 Å². The zero-order valence-electron chi connectivity index (χ0n) is 14.3. The van der Waals surface area contributed by atoms with Crippen molar-refractivity contribution in [3.63, 3.8) is 0 Å². The molecule has 3 aromatic rings. The van der Waals surface area contributed by atoms with Crippen LogP contribution in [-0.4, -0.2) is 32.7 Å². The highest BCUT2D eigenvalue weighted by Crippen LogP contribution is 2.23. The highest BCUT2D eigenvalue weighted by molar-refractivity contribution is 5.73. The molecule has 0 saturated heterocycles. The molecule has 0 fully saturated rings. The van der Waals surface area contributed by atoms with E-state index in [9.17, 15) is 9.90 Å². The first-order valence-electron chi connectivity index (χ1n) is 8.39. The molecule has 2 aromatic carbocycles. The molecule has 0 aliphatic carbocycles. The van der Waals surface area contributed by atoms with Gasteiger partial charge in [-0.15, -0.1) is 15.0 Å². The number of phenolic OH excluding ortho intramolecular Hbond substituents is 1. The van der Waals surface area contributed by atoms with Crippen LogP contribution in [0.5, 0.6) is 5.75 Å². The van der Waals surface area contributed by atoms with Crippen molar-refractivity contribution in [2.24, 2.45) is 5.92 Å². The third kappa shape index (κ3) is 3.79. The number of carbonyl (C=O) groups is 1. The van der Waals surface area contributed by atoms with E-state index in [0.29, 0.717) is 18.7 Å². The van der Waals surface area contributed by atoms with Gasteiger partial charge in [0.05, 0.1) is 12.5 Å². The number of hydrogen-bond donors (Lipinski definition) is 1. The van der Waals surface area contributed by atoms with Crippen molar-refractivity contribution >= 4 is 17.0 Å². The maximum atomic E-state index is 11.7. The Morgan fingerprint density at radius 2 is 1.88 bits per heavy atom. The van der Waals surface area contributed by atoms with Gasteiger partial charge < -0.3 is 9.84 Å². The zero-order chi connectivity index (χ0) is 17.8. The van der Waals surface area contributed by atoms with Gasteiger partial charge in [0.2, 0.25) is 0 Å². The van der Waals surface area contributed by atoms with Gasteiger partial charge in [-0.2, -0.15) is 0 Å². The Morgan fingerprint density at radius 3 is 2.52 bits per heavy atom. The van der Waals surface area contributed by atoms with Gasteiger partial charge in [0.1, 0.15) is 22.5 Å². The van der Waals surface area contributed by atoms with Crippen molar-refractivity contribution < 1.29 is 14.6 Å². The number of hydrogen-bond acceptors (Lipinski definition) is 5. The molecule has 0 radical (unpaired) electrons. The van der Waals surface area contributed by atoms with E-state index in [-0.39, 0.29) is 17.6 Å². The SMILES string of the molecule is CCC(C)C(=O)OCCc1ccc(O)c(-n2nc3ccccc3n2)c1. The maximum Gasteiger partial charge on any atom is 0.308 e. The molecule has 6 heteroatoms. The minimum atomic E-state index is -0.179. The molecule has 0 bridgehead atoms. The first kappa shape index (κ1) is 17.0. The molecular formula is C19H21N3O3. The van der Waals surface area contributed by atoms with Crippen molar-refractivity contribution in [3.05, 3.63) is 48.0 Å². The Hall–Kier alpha value is -2.89. The highest BCUT2D eigenvalue weighted by Gasteiger charge is 2.13. The number of carbonyl (C=O) groups excluding carboxylic acids is 1. The Bertz CT molecular complexity index is 856. The fourth-order valence-electron chi connectivity index (χ4n) is 2.43. The number of ether oxygens (including phenoxy) is 1. The van der Waals surface area contributed by atoms with E-state index in [1.165, 1.54) is 4.80 Å². The van der Waals surface area contributed by atoms with E-state index >= 15 is 0 Å². The minimum absolute atomic E-state index is 0.0870. The van der Waals surface area contributed by atoms with Crippen LogP contribution in [0, 0.1) is 5.92 Å². The van der Waals surface area contributed by atoms with Gasteiger partial charge in [-0.25, -0.2) is 0 Å². The molecule has 6 nitrogen and oxygen atoms in total. The number of nitrogens with zero attached hydrogens (tertiary/aromatic N) is 3. The van der Waals surface area contributed by atoms with Crippen LogP contribution in [-0.2, 0) is 16.0 Å². The lowest BCUT2D eigenvalue weighted by atomic mass is 10.1. The van der Waals surface area contributed by atoms with E-state index in [2.05, 4.69) is 10.2 Å². The van der Waals surface area contributed by atoms with E-state index in [1.807, 2.05) is 44.2 Å². The number of esters is 1. The standard InChI is InChI=1S/C19H21N3O3/c1-3-13(2)19(24)25-11-10-14-8-9-18(23)17(12-14)22-20-15-6-4-5-7-16(15)21-22/h4-9,12-13,23H,3,10-11H2,1-2H3. The number of aromatic hydroxyl groups is 1. The Kier molecular flexibility index (Phi) is 4.97. The van der Waals surface area contributed by atoms with Crippen LogP contribution >= 0.6 is 0 Å². The second-order valence-corrected chi connectivity index (χ2v) is 6.03. The molecular weight excluding hydrogens is 318 g/mol. The third-order valence-corrected chi connectivity index (χ3v) is 4.19. The molecule has 0 saturated carbocycles. The van der Waals surface area contributed by atoms with E-state index in [4.69, 9.17) is 4.74 Å². The summed E-state index contributed by atoms with van der Waals surface area (Å²) in [6.07, 6.45) is 1.33. The first-order valence-corrected chi connectivity index (χ1v) is 8.39. The van der Waals surface area contributed by atoms with Crippen LogP contribution < -0.4 is 0 Å². The number of aromatic nitrogens is 3. The smallest absolute Gasteiger partial charge is 0.308 e. The lowest BCUT2D eigenvalue weighted by Gasteiger charge is -2.10. The van der Waals surface area contributed by atoms with Gasteiger partial charge in [-0.05, 0) is 36.2 Å². The lowest BCUT2D eigenvalue weighted by Crippen LogP contribution is -2.15. The Balaban J connectivity index is 1.75. The van der Waals surface area contributed by atoms with Gasteiger partial charge in [0.15, 0.2) is 0 Å². The summed E-state index contributed by atoms with van der Waals surface area (Å²) in [6.45, 7) is 4.12. The predicted molar refractivity (Wildman–Crippen MR) is 94.6 cm³/mol. The summed E-state index contributed by atoms with van der Waals surface area (Å²) in [7, 11) is 0. The van der Waals surface area contributed by atoms with Gasteiger partial charge in [-0.1, -0.05) is 32.0 Å². The minimum Gasteiger partial charge on any atom is -0.506 e. The molecule has 130 valence electrons. The molecule has 0 spiro atoms. The predicted octanol–water partition coefficient (Wildman–Crippen LogP) is 3.26. The van der Waals surface area contributed by atoms with Gasteiger partial charge in [0, 0.05) is 6.42 Å². The van der Waals surface area contributed by atoms with Crippen LogP contribution in [0.1, 0.15) is 25.8 Å². The number of phenols is 1. The summed E-state index contributed by atoms with van der Waals surface area (Å²) in [5.41, 5.74) is 2.96. The molecule has 0 aliphatic rings. The van der Waals surface area contributed by atoms with Crippen molar-refractivity contribution in [3.8, 4) is 11.4 Å². The fourth-order valence-corrected chi connectivity index (χ4v) is 2.43. The number of benzene rings is 2. The molecule has 3 rings (SSSR count). The van der Waals surface area contributed by atoms with Gasteiger partial charge >= 0.3 is 5.97 Å². The summed E-state index contributed by atoms with van der Waals surface area (Å²) >= 11 is 0. The summed E-state index contributed by atoms with van der Waals surface area (Å²) < 4.78 is 5.28. The monoisotopic (exact) mass is 339 g/mol. The third-order valence-electron chi connectivity index (χ3n) is 4.19. The topological polar surface area (TPSA) is 77.2 Å². The quantitative estimate of drug-likeness (QED) is 0.698. The lowest BCUT2D eigenvalue weighted by molar-refractivity contribution is -0.147. The molecule has 1 N–H and O–H groups in total. The highest BCUT2D eigenvalue weighted by atomic mass is 16.5. The van der Waals surface area contributed by atoms with Crippen molar-refractivity contribution in [1.82, 2.24) is 15.0 Å². The molecule has 25 heavy (non-hydrogen) atoms. The Labute approximate surface area is 146 Å². The van der Waals surface area contributed by atoms with E-state index in [1.54, 1.807) is 12.1 Å². The molecule has 1 heterocycles. The number of fused-ring (bicyclic) bond motifs is 1. The average Bonchev–Trinajstić information content (AvgIpc) is 3.06. The largest absolute Gasteiger partial charge is 0.506 e. The van der Waals surface area contributed by atoms with Crippen LogP contribution in [0.3, 0.4) is 0 Å². The van der Waals surface area contributed by atoms with Crippen molar-refractivity contribution in [2.75, 3.05) is 6.61 Å². The second kappa shape index (κ2) is 7.34. The molecule has 0 amide bonds. The Morgan fingerprint density at radius 1 is 1.20 bits per heavy atom. The maximum absolute atomic E-state index is 11.7. The van der Waals surface area contributed by atoms with Crippen LogP contribution in [0.2, 0.25) is 0 Å². The second-order valence-electron chi connectivity index (χ2n) is 6.03. The number of rotatable bonds is 6. The van der Waals surface area contributed by atoms with Crippen LogP contribution in [0.25, 0.3) is 16.7 Å². The fraction of sp³-hybridized carbons (Fsp3) is 0.316. The summed E-state index contributed by atoms with van der Waals surface area (Å²) in [6, 6.07) is 12.7. The van der Waals surface area contributed by atoms with Crippen LogP contribution in [0.15, 0.2) is 42.5 Å². The van der Waals surface area contributed by atoms with Gasteiger partial charge in [0.25, 0.3) is 0 Å². The van der Waals surface area contributed by atoms with Crippen molar-refractivity contribution in [1.29, 1.82) is 0 Å². The molecule has 1 atom stereocenters. The summed E-state index contributed by atoms with van der Waals surface area (Å²) in [4.78, 5) is 13.1.